The summed E-state index contributed by atoms with van der Waals surface area (Å²) in [5.41, 5.74) is 2.34. The highest BCUT2D eigenvalue weighted by molar-refractivity contribution is 9.10. The highest BCUT2D eigenvalue weighted by Gasteiger charge is 2.06. The lowest BCUT2D eigenvalue weighted by Crippen LogP contribution is -2.12. The molecular formula is C14H18BrN3. The topological polar surface area (TPSA) is 29.9 Å². The van der Waals surface area contributed by atoms with Crippen LogP contribution in [0.4, 0.5) is 5.95 Å². The molecule has 0 amide bonds. The number of aromatic nitrogens is 2. The molecule has 0 unspecified atom stereocenters. The van der Waals surface area contributed by atoms with Gasteiger partial charge in [0.15, 0.2) is 0 Å². The summed E-state index contributed by atoms with van der Waals surface area (Å²) >= 11 is 3.53. The summed E-state index contributed by atoms with van der Waals surface area (Å²) < 4.78 is 3.15. The first-order valence-corrected chi connectivity index (χ1v) is 6.90. The third-order valence-corrected chi connectivity index (χ3v) is 3.07. The zero-order valence-electron chi connectivity index (χ0n) is 10.9. The van der Waals surface area contributed by atoms with Gasteiger partial charge in [-0.05, 0) is 36.6 Å². The number of nitrogens with zero attached hydrogens (tertiary/aromatic N) is 2. The van der Waals surface area contributed by atoms with Crippen molar-refractivity contribution in [3.8, 4) is 5.69 Å². The van der Waals surface area contributed by atoms with Crippen LogP contribution in [0.1, 0.15) is 19.4 Å². The number of aryl methyl sites for hydroxylation is 1. The second kappa shape index (κ2) is 5.57. The molecule has 3 nitrogen and oxygen atoms in total. The molecule has 0 spiro atoms. The van der Waals surface area contributed by atoms with Crippen molar-refractivity contribution in [3.05, 3.63) is 40.6 Å². The van der Waals surface area contributed by atoms with Crippen LogP contribution in [0.3, 0.4) is 0 Å². The molecule has 0 saturated heterocycles. The van der Waals surface area contributed by atoms with Gasteiger partial charge in [0.05, 0.1) is 0 Å². The van der Waals surface area contributed by atoms with Crippen LogP contribution in [0.5, 0.6) is 0 Å². The van der Waals surface area contributed by atoms with Crippen LogP contribution < -0.4 is 5.32 Å². The highest BCUT2D eigenvalue weighted by Crippen LogP contribution is 2.21. The van der Waals surface area contributed by atoms with Gasteiger partial charge in [-0.15, -0.1) is 0 Å². The highest BCUT2D eigenvalue weighted by atomic mass is 79.9. The van der Waals surface area contributed by atoms with Gasteiger partial charge in [-0.2, -0.15) is 0 Å². The lowest BCUT2D eigenvalue weighted by molar-refractivity contribution is 0.683. The van der Waals surface area contributed by atoms with Gasteiger partial charge < -0.3 is 5.32 Å². The second-order valence-electron chi connectivity index (χ2n) is 4.88. The van der Waals surface area contributed by atoms with Crippen molar-refractivity contribution in [2.24, 2.45) is 5.92 Å². The van der Waals surface area contributed by atoms with E-state index in [0.29, 0.717) is 5.92 Å². The maximum Gasteiger partial charge on any atom is 0.207 e. The maximum absolute atomic E-state index is 4.36. The van der Waals surface area contributed by atoms with Gasteiger partial charge in [0.25, 0.3) is 0 Å². The predicted octanol–water partition coefficient (Wildman–Crippen LogP) is 4.01. The molecule has 1 aromatic carbocycles. The van der Waals surface area contributed by atoms with Crippen molar-refractivity contribution >= 4 is 21.9 Å². The number of hydrogen-bond donors (Lipinski definition) is 1. The molecule has 1 N–H and O–H groups in total. The van der Waals surface area contributed by atoms with Crippen LogP contribution in [0.15, 0.2) is 35.1 Å². The van der Waals surface area contributed by atoms with Crippen molar-refractivity contribution in [2.75, 3.05) is 11.9 Å². The van der Waals surface area contributed by atoms with Gasteiger partial charge in [-0.25, -0.2) is 4.98 Å². The van der Waals surface area contributed by atoms with E-state index in [1.807, 2.05) is 12.4 Å². The summed E-state index contributed by atoms with van der Waals surface area (Å²) in [7, 11) is 0. The van der Waals surface area contributed by atoms with E-state index in [0.717, 1.165) is 22.7 Å². The summed E-state index contributed by atoms with van der Waals surface area (Å²) in [6.45, 7) is 7.38. The SMILES string of the molecule is Cc1cc(Br)cc(-n2ccnc2NCC(C)C)c1. The molecule has 96 valence electrons. The predicted molar refractivity (Wildman–Crippen MR) is 79.3 cm³/mol. The molecule has 0 radical (unpaired) electrons. The summed E-state index contributed by atoms with van der Waals surface area (Å²) in [4.78, 5) is 4.36. The molecule has 0 aliphatic heterocycles. The Morgan fingerprint density at radius 3 is 2.78 bits per heavy atom. The van der Waals surface area contributed by atoms with Crippen LogP contribution in [-0.2, 0) is 0 Å². The monoisotopic (exact) mass is 307 g/mol. The Hall–Kier alpha value is -1.29. The van der Waals surface area contributed by atoms with E-state index >= 15 is 0 Å². The molecule has 4 heteroatoms. The summed E-state index contributed by atoms with van der Waals surface area (Å²) in [6, 6.07) is 6.34. The molecular weight excluding hydrogens is 290 g/mol. The first-order valence-electron chi connectivity index (χ1n) is 6.11. The number of rotatable bonds is 4. The van der Waals surface area contributed by atoms with E-state index < -0.39 is 0 Å². The van der Waals surface area contributed by atoms with Crippen molar-refractivity contribution in [3.63, 3.8) is 0 Å². The van der Waals surface area contributed by atoms with Crippen LogP contribution in [0.2, 0.25) is 0 Å². The largest absolute Gasteiger partial charge is 0.355 e. The number of imidazole rings is 1. The van der Waals surface area contributed by atoms with Gasteiger partial charge >= 0.3 is 0 Å². The standard InChI is InChI=1S/C14H18BrN3/c1-10(2)9-17-14-16-4-5-18(14)13-7-11(3)6-12(15)8-13/h4-8,10H,9H2,1-3H3,(H,16,17). The second-order valence-corrected chi connectivity index (χ2v) is 5.80. The smallest absolute Gasteiger partial charge is 0.207 e. The Labute approximate surface area is 116 Å². The average Bonchev–Trinajstić information content (AvgIpc) is 2.72. The van der Waals surface area contributed by atoms with Gasteiger partial charge in [0, 0.05) is 29.1 Å². The van der Waals surface area contributed by atoms with Gasteiger partial charge in [-0.3, -0.25) is 4.57 Å². The van der Waals surface area contributed by atoms with E-state index in [1.54, 1.807) is 0 Å². The number of nitrogens with one attached hydrogen (secondary N) is 1. The fourth-order valence-electron chi connectivity index (χ4n) is 1.79. The zero-order valence-corrected chi connectivity index (χ0v) is 12.5. The third-order valence-electron chi connectivity index (χ3n) is 2.61. The summed E-state index contributed by atoms with van der Waals surface area (Å²) in [6.07, 6.45) is 3.79. The van der Waals surface area contributed by atoms with Crippen LogP contribution in [0.25, 0.3) is 5.69 Å². The van der Waals surface area contributed by atoms with Gasteiger partial charge in [0.1, 0.15) is 0 Å². The summed E-state index contributed by atoms with van der Waals surface area (Å²) in [5.74, 6) is 1.49. The van der Waals surface area contributed by atoms with Gasteiger partial charge in [-0.1, -0.05) is 29.8 Å². The maximum atomic E-state index is 4.36. The molecule has 2 rings (SSSR count). The zero-order chi connectivity index (χ0) is 13.1. The van der Waals surface area contributed by atoms with Crippen molar-refractivity contribution < 1.29 is 0 Å². The minimum Gasteiger partial charge on any atom is -0.355 e. The Morgan fingerprint density at radius 2 is 2.11 bits per heavy atom. The number of hydrogen-bond acceptors (Lipinski definition) is 2. The lowest BCUT2D eigenvalue weighted by atomic mass is 10.2. The fourth-order valence-corrected chi connectivity index (χ4v) is 2.39. The molecule has 0 aliphatic carbocycles. The Balaban J connectivity index is 2.30. The number of halogens is 1. The molecule has 0 saturated carbocycles. The first kappa shape index (κ1) is 13.1. The lowest BCUT2D eigenvalue weighted by Gasteiger charge is -2.12. The first-order chi connectivity index (χ1) is 8.56. The van der Waals surface area contributed by atoms with Crippen LogP contribution in [0, 0.1) is 12.8 Å². The van der Waals surface area contributed by atoms with Gasteiger partial charge in [0.2, 0.25) is 5.95 Å². The van der Waals surface area contributed by atoms with Crippen molar-refractivity contribution in [1.29, 1.82) is 0 Å². The van der Waals surface area contributed by atoms with Crippen LogP contribution in [-0.4, -0.2) is 16.1 Å². The molecule has 18 heavy (non-hydrogen) atoms. The minimum atomic E-state index is 0.597. The van der Waals surface area contributed by atoms with Crippen molar-refractivity contribution in [2.45, 2.75) is 20.8 Å². The molecule has 0 fully saturated rings. The van der Waals surface area contributed by atoms with E-state index in [2.05, 4.69) is 69.8 Å². The van der Waals surface area contributed by atoms with E-state index in [4.69, 9.17) is 0 Å². The molecule has 1 aromatic heterocycles. The number of anilines is 1. The Kier molecular flexibility index (Phi) is 4.07. The Bertz CT molecular complexity index is 511. The van der Waals surface area contributed by atoms with E-state index in [9.17, 15) is 0 Å². The molecule has 0 atom stereocenters. The van der Waals surface area contributed by atoms with Crippen LogP contribution >= 0.6 is 15.9 Å². The molecule has 0 aliphatic rings. The molecule has 2 aromatic rings. The minimum absolute atomic E-state index is 0.597. The normalized spacial score (nSPS) is 10.9. The summed E-state index contributed by atoms with van der Waals surface area (Å²) in [5, 5.41) is 3.37. The van der Waals surface area contributed by atoms with E-state index in [-0.39, 0.29) is 0 Å². The Morgan fingerprint density at radius 1 is 1.33 bits per heavy atom. The van der Waals surface area contributed by atoms with Crippen molar-refractivity contribution in [1.82, 2.24) is 9.55 Å². The molecule has 1 heterocycles. The quantitative estimate of drug-likeness (QED) is 0.925. The third kappa shape index (κ3) is 3.13. The fraction of sp³-hybridized carbons (Fsp3) is 0.357. The average molecular weight is 308 g/mol. The van der Waals surface area contributed by atoms with E-state index in [1.165, 1.54) is 5.56 Å². The number of benzene rings is 1. The molecule has 0 bridgehead atoms.